The van der Waals surface area contributed by atoms with Crippen molar-refractivity contribution >= 4 is 23.0 Å². The number of esters is 1. The van der Waals surface area contributed by atoms with Crippen molar-refractivity contribution in [3.8, 4) is 11.5 Å². The van der Waals surface area contributed by atoms with E-state index in [2.05, 4.69) is 0 Å². The SMILES string of the molecule is CCOC(=O)C[n+]1c(N)n(CCOc2ccc(OC)cc2)c2ccccc21.[Cl-]. The summed E-state index contributed by atoms with van der Waals surface area (Å²) in [5.74, 6) is 1.71. The molecule has 28 heavy (non-hydrogen) atoms. The van der Waals surface area contributed by atoms with Crippen molar-refractivity contribution in [2.45, 2.75) is 20.0 Å². The number of aromatic nitrogens is 2. The van der Waals surface area contributed by atoms with E-state index >= 15 is 0 Å². The number of nitrogens with two attached hydrogens (primary N) is 1. The van der Waals surface area contributed by atoms with Crippen LogP contribution in [0.2, 0.25) is 0 Å². The summed E-state index contributed by atoms with van der Waals surface area (Å²) in [7, 11) is 1.63. The quantitative estimate of drug-likeness (QED) is 0.391. The minimum Gasteiger partial charge on any atom is -1.00 e. The number of hydrogen-bond acceptors (Lipinski definition) is 5. The van der Waals surface area contributed by atoms with E-state index in [1.807, 2.05) is 53.1 Å². The van der Waals surface area contributed by atoms with E-state index in [9.17, 15) is 4.79 Å². The van der Waals surface area contributed by atoms with Gasteiger partial charge in [-0.3, -0.25) is 5.73 Å². The van der Waals surface area contributed by atoms with Crippen molar-refractivity contribution in [1.82, 2.24) is 4.57 Å². The van der Waals surface area contributed by atoms with Crippen LogP contribution in [-0.4, -0.2) is 30.9 Å². The van der Waals surface area contributed by atoms with Gasteiger partial charge in [-0.1, -0.05) is 12.1 Å². The van der Waals surface area contributed by atoms with E-state index in [4.69, 9.17) is 19.9 Å². The van der Waals surface area contributed by atoms with Crippen molar-refractivity contribution in [2.24, 2.45) is 0 Å². The van der Waals surface area contributed by atoms with Crippen LogP contribution in [0.15, 0.2) is 48.5 Å². The highest BCUT2D eigenvalue weighted by Gasteiger charge is 2.22. The third-order valence-corrected chi connectivity index (χ3v) is 4.25. The second-order valence-electron chi connectivity index (χ2n) is 5.91. The van der Waals surface area contributed by atoms with Crippen molar-refractivity contribution in [3.05, 3.63) is 48.5 Å². The number of benzene rings is 2. The molecule has 0 aliphatic heterocycles. The van der Waals surface area contributed by atoms with Crippen molar-refractivity contribution in [2.75, 3.05) is 26.1 Å². The van der Waals surface area contributed by atoms with Crippen molar-refractivity contribution in [3.63, 3.8) is 0 Å². The summed E-state index contributed by atoms with van der Waals surface area (Å²) < 4.78 is 19.7. The van der Waals surface area contributed by atoms with E-state index in [1.54, 1.807) is 18.6 Å². The molecule has 3 aromatic rings. The van der Waals surface area contributed by atoms with Gasteiger partial charge in [0, 0.05) is 0 Å². The van der Waals surface area contributed by atoms with E-state index < -0.39 is 0 Å². The Balaban J connectivity index is 0.00000280. The fraction of sp³-hybridized carbons (Fsp3) is 0.300. The van der Waals surface area contributed by atoms with Crippen LogP contribution in [0.5, 0.6) is 11.5 Å². The van der Waals surface area contributed by atoms with Gasteiger partial charge in [0.15, 0.2) is 6.54 Å². The highest BCUT2D eigenvalue weighted by molar-refractivity contribution is 5.75. The monoisotopic (exact) mass is 405 g/mol. The number of rotatable bonds is 8. The minimum absolute atomic E-state index is 0. The Hall–Kier alpha value is -2.93. The molecule has 1 aromatic heterocycles. The number of halogens is 1. The fourth-order valence-corrected chi connectivity index (χ4v) is 2.98. The third kappa shape index (κ3) is 4.67. The molecule has 0 atom stereocenters. The van der Waals surface area contributed by atoms with Gasteiger partial charge in [-0.2, -0.15) is 0 Å². The van der Waals surface area contributed by atoms with Crippen molar-refractivity contribution in [1.29, 1.82) is 0 Å². The number of anilines is 1. The predicted octanol–water partition coefficient (Wildman–Crippen LogP) is -0.834. The summed E-state index contributed by atoms with van der Waals surface area (Å²) in [6.45, 7) is 3.19. The minimum atomic E-state index is -0.313. The maximum absolute atomic E-state index is 11.9. The summed E-state index contributed by atoms with van der Waals surface area (Å²) in [4.78, 5) is 11.9. The lowest BCUT2D eigenvalue weighted by atomic mass is 10.3. The summed E-state index contributed by atoms with van der Waals surface area (Å²) in [6.07, 6.45) is 0. The van der Waals surface area contributed by atoms with Gasteiger partial charge in [0.05, 0.1) is 13.7 Å². The zero-order chi connectivity index (χ0) is 19.2. The van der Waals surface area contributed by atoms with Gasteiger partial charge >= 0.3 is 11.9 Å². The Bertz CT molecular complexity index is 925. The van der Waals surface area contributed by atoms with Gasteiger partial charge in [-0.15, -0.1) is 0 Å². The molecule has 2 aromatic carbocycles. The Labute approximate surface area is 170 Å². The first-order chi connectivity index (χ1) is 13.1. The van der Waals surface area contributed by atoms with Gasteiger partial charge in [-0.05, 0) is 43.3 Å². The van der Waals surface area contributed by atoms with Crippen LogP contribution < -0.4 is 32.2 Å². The number of carbonyl (C=O) groups excluding carboxylic acids is 1. The Morgan fingerprint density at radius 2 is 1.79 bits per heavy atom. The molecule has 150 valence electrons. The van der Waals surface area contributed by atoms with E-state index in [1.165, 1.54) is 0 Å². The molecule has 1 heterocycles. The molecule has 0 aliphatic carbocycles. The second-order valence-corrected chi connectivity index (χ2v) is 5.91. The van der Waals surface area contributed by atoms with Crippen LogP contribution in [-0.2, 0) is 22.6 Å². The molecule has 0 unspecified atom stereocenters. The first-order valence-corrected chi connectivity index (χ1v) is 8.83. The van der Waals surface area contributed by atoms with Crippen LogP contribution in [0.25, 0.3) is 11.0 Å². The number of methoxy groups -OCH3 is 1. The van der Waals surface area contributed by atoms with E-state index in [0.29, 0.717) is 25.7 Å². The number of nitrogens with zero attached hydrogens (tertiary/aromatic N) is 2. The highest BCUT2D eigenvalue weighted by atomic mass is 35.5. The molecule has 0 fully saturated rings. The first kappa shape index (κ1) is 21.4. The van der Waals surface area contributed by atoms with Gasteiger partial charge in [0.1, 0.15) is 35.7 Å². The number of para-hydroxylation sites is 2. The standard InChI is InChI=1S/C20H23N3O4.ClH/c1-3-26-19(24)14-23-18-7-5-4-6-17(18)22(20(23)21)12-13-27-16-10-8-15(25-2)9-11-16;/h4-11,21H,3,12-14H2,1-2H3;1H. The second kappa shape index (κ2) is 9.85. The molecule has 0 bridgehead atoms. The predicted molar refractivity (Wildman–Crippen MR) is 102 cm³/mol. The molecular formula is C20H24ClN3O4. The van der Waals surface area contributed by atoms with Gasteiger partial charge in [-0.25, -0.2) is 13.9 Å². The zero-order valence-electron chi connectivity index (χ0n) is 15.9. The van der Waals surface area contributed by atoms with Crippen LogP contribution >= 0.6 is 0 Å². The number of imidazole rings is 1. The topological polar surface area (TPSA) is 79.6 Å². The molecule has 0 spiro atoms. The lowest BCUT2D eigenvalue weighted by Crippen LogP contribution is -3.00. The maximum atomic E-state index is 11.9. The summed E-state index contributed by atoms with van der Waals surface area (Å²) >= 11 is 0. The highest BCUT2D eigenvalue weighted by Crippen LogP contribution is 2.19. The third-order valence-electron chi connectivity index (χ3n) is 4.25. The molecule has 0 saturated heterocycles. The number of hydrogen-bond donors (Lipinski definition) is 1. The molecule has 2 N–H and O–H groups in total. The van der Waals surface area contributed by atoms with Crippen LogP contribution in [0.4, 0.5) is 5.95 Å². The number of carbonyl (C=O) groups is 1. The summed E-state index contributed by atoms with van der Waals surface area (Å²) in [6, 6.07) is 15.2. The Kier molecular flexibility index (Phi) is 7.52. The number of fused-ring (bicyclic) bond motifs is 1. The zero-order valence-corrected chi connectivity index (χ0v) is 16.7. The molecule has 0 amide bonds. The lowest BCUT2D eigenvalue weighted by molar-refractivity contribution is -0.646. The van der Waals surface area contributed by atoms with E-state index in [-0.39, 0.29) is 24.9 Å². The molecule has 0 radical (unpaired) electrons. The van der Waals surface area contributed by atoms with Crippen LogP contribution in [0, 0.1) is 0 Å². The number of ether oxygens (including phenoxy) is 3. The largest absolute Gasteiger partial charge is 1.00 e. The Morgan fingerprint density at radius 3 is 2.46 bits per heavy atom. The van der Waals surface area contributed by atoms with E-state index in [0.717, 1.165) is 22.5 Å². The normalized spacial score (nSPS) is 10.4. The molecule has 0 aliphatic rings. The van der Waals surface area contributed by atoms with Crippen LogP contribution in [0.3, 0.4) is 0 Å². The average molecular weight is 406 g/mol. The fourth-order valence-electron chi connectivity index (χ4n) is 2.98. The van der Waals surface area contributed by atoms with Gasteiger partial charge < -0.3 is 26.6 Å². The van der Waals surface area contributed by atoms with Crippen LogP contribution in [0.1, 0.15) is 6.92 Å². The maximum Gasteiger partial charge on any atom is 0.356 e. The summed E-state index contributed by atoms with van der Waals surface area (Å²) in [5.41, 5.74) is 8.15. The van der Waals surface area contributed by atoms with Crippen molar-refractivity contribution < 1.29 is 36.0 Å². The molecule has 8 heteroatoms. The molecule has 0 saturated carbocycles. The molecular weight excluding hydrogens is 382 g/mol. The molecule has 3 rings (SSSR count). The first-order valence-electron chi connectivity index (χ1n) is 8.83. The number of nitrogen functional groups attached to an aromatic ring is 1. The molecule has 7 nitrogen and oxygen atoms in total. The summed E-state index contributed by atoms with van der Waals surface area (Å²) in [5, 5.41) is 0. The Morgan fingerprint density at radius 1 is 1.11 bits per heavy atom. The van der Waals surface area contributed by atoms with Gasteiger partial charge in [0.2, 0.25) is 0 Å². The van der Waals surface area contributed by atoms with Gasteiger partial charge in [0.25, 0.3) is 0 Å². The smallest absolute Gasteiger partial charge is 0.356 e. The lowest BCUT2D eigenvalue weighted by Gasteiger charge is -2.07. The average Bonchev–Trinajstić information content (AvgIpc) is 2.94.